The molecule has 0 aliphatic carbocycles. The third kappa shape index (κ3) is 4.20. The van der Waals surface area contributed by atoms with Gasteiger partial charge in [0.1, 0.15) is 0 Å². The van der Waals surface area contributed by atoms with E-state index < -0.39 is 0 Å². The van der Waals surface area contributed by atoms with E-state index >= 15 is 0 Å². The molecular weight excluding hydrogens is 426 g/mol. The van der Waals surface area contributed by atoms with E-state index in [1.807, 2.05) is 48.5 Å². The topological polar surface area (TPSA) is 88.1 Å². The van der Waals surface area contributed by atoms with Gasteiger partial charge in [0.25, 0.3) is 0 Å². The Bertz CT molecular complexity index is 1230. The molecule has 9 heteroatoms. The van der Waals surface area contributed by atoms with Gasteiger partial charge >= 0.3 is 0 Å². The van der Waals surface area contributed by atoms with Crippen LogP contribution in [-0.4, -0.2) is 31.7 Å². The number of benzene rings is 2. The van der Waals surface area contributed by atoms with Crippen LogP contribution in [0.3, 0.4) is 0 Å². The number of aromatic nitrogens is 5. The first-order chi connectivity index (χ1) is 15.5. The molecule has 0 fully saturated rings. The Morgan fingerprint density at radius 1 is 1.00 bits per heavy atom. The van der Waals surface area contributed by atoms with Crippen molar-refractivity contribution in [2.75, 3.05) is 6.79 Å². The molecule has 1 aliphatic heterocycles. The average molecular weight is 450 g/mol. The third-order valence-electron chi connectivity index (χ3n) is 4.99. The van der Waals surface area contributed by atoms with Crippen LogP contribution < -0.4 is 9.47 Å². The molecule has 0 saturated carbocycles. The van der Waals surface area contributed by atoms with E-state index in [-0.39, 0.29) is 12.2 Å². The van der Waals surface area contributed by atoms with E-state index in [4.69, 9.17) is 14.0 Å². The summed E-state index contributed by atoms with van der Waals surface area (Å²) in [6, 6.07) is 16.0. The minimum atomic E-state index is -0.160. The van der Waals surface area contributed by atoms with Gasteiger partial charge in [0.05, 0.1) is 12.3 Å². The van der Waals surface area contributed by atoms with Crippen LogP contribution in [0.1, 0.15) is 38.0 Å². The molecule has 164 valence electrons. The normalized spacial score (nSPS) is 13.0. The molecule has 5 rings (SSSR count). The quantitative estimate of drug-likeness (QED) is 0.392. The molecule has 0 radical (unpaired) electrons. The molecule has 2 aromatic heterocycles. The first kappa shape index (κ1) is 20.6. The molecule has 8 nitrogen and oxygen atoms in total. The number of hydrogen-bond donors (Lipinski definition) is 0. The number of nitrogens with zero attached hydrogens (tertiary/aromatic N) is 5. The van der Waals surface area contributed by atoms with E-state index in [1.165, 1.54) is 11.8 Å². The lowest BCUT2D eigenvalue weighted by Crippen LogP contribution is -2.13. The summed E-state index contributed by atoms with van der Waals surface area (Å²) in [5, 5.41) is 13.8. The van der Waals surface area contributed by atoms with Gasteiger partial charge < -0.3 is 14.0 Å². The first-order valence-electron chi connectivity index (χ1n) is 10.3. The molecule has 3 heterocycles. The lowest BCUT2D eigenvalue weighted by Gasteiger charge is -2.11. The van der Waals surface area contributed by atoms with Gasteiger partial charge in [0, 0.05) is 11.0 Å². The van der Waals surface area contributed by atoms with Crippen molar-refractivity contribution in [3.63, 3.8) is 0 Å². The van der Waals surface area contributed by atoms with Crippen LogP contribution in [-0.2, 0) is 17.7 Å². The zero-order valence-electron chi connectivity index (χ0n) is 18.1. The van der Waals surface area contributed by atoms with Crippen LogP contribution in [0.4, 0.5) is 0 Å². The maximum Gasteiger partial charge on any atom is 0.237 e. The predicted molar refractivity (Wildman–Crippen MR) is 120 cm³/mol. The smallest absolute Gasteiger partial charge is 0.237 e. The summed E-state index contributed by atoms with van der Waals surface area (Å²) in [4.78, 5) is 4.53. The van der Waals surface area contributed by atoms with Crippen LogP contribution in [0, 0.1) is 0 Å². The van der Waals surface area contributed by atoms with Crippen molar-refractivity contribution in [1.82, 2.24) is 24.9 Å². The summed E-state index contributed by atoms with van der Waals surface area (Å²) in [6.07, 6.45) is 0. The molecule has 2 aromatic carbocycles. The van der Waals surface area contributed by atoms with Crippen LogP contribution in [0.15, 0.2) is 58.2 Å². The molecule has 0 saturated heterocycles. The fraction of sp³-hybridized carbons (Fsp3) is 0.304. The van der Waals surface area contributed by atoms with E-state index in [2.05, 4.69) is 45.7 Å². The molecule has 0 unspecified atom stereocenters. The van der Waals surface area contributed by atoms with Crippen molar-refractivity contribution in [3.05, 3.63) is 65.8 Å². The van der Waals surface area contributed by atoms with Gasteiger partial charge in [0.2, 0.25) is 12.7 Å². The molecular formula is C23H23N5O3S. The zero-order chi connectivity index (χ0) is 22.1. The largest absolute Gasteiger partial charge is 0.454 e. The van der Waals surface area contributed by atoms with Crippen molar-refractivity contribution in [1.29, 1.82) is 0 Å². The van der Waals surface area contributed by atoms with Crippen molar-refractivity contribution in [2.24, 2.45) is 0 Å². The number of thioether (sulfide) groups is 1. The van der Waals surface area contributed by atoms with E-state index in [1.54, 1.807) is 0 Å². The van der Waals surface area contributed by atoms with Crippen molar-refractivity contribution in [3.8, 4) is 22.9 Å². The summed E-state index contributed by atoms with van der Waals surface area (Å²) in [7, 11) is 0. The molecule has 0 spiro atoms. The Kier molecular flexibility index (Phi) is 5.34. The van der Waals surface area contributed by atoms with Crippen molar-refractivity contribution >= 4 is 11.8 Å². The standard InChI is InChI=1S/C23H23N5O3S/c1-23(2,3)21-24-19(31-27-21)13-32-22-26-25-20(16-7-5-4-6-8-16)28(22)12-15-9-10-17-18(11-15)30-14-29-17/h4-11H,12-14H2,1-3H3. The summed E-state index contributed by atoms with van der Waals surface area (Å²) in [5.74, 6) is 4.09. The molecule has 4 aromatic rings. The van der Waals surface area contributed by atoms with Crippen molar-refractivity contribution < 1.29 is 14.0 Å². The van der Waals surface area contributed by atoms with E-state index in [9.17, 15) is 0 Å². The summed E-state index contributed by atoms with van der Waals surface area (Å²) in [6.45, 7) is 7.02. The van der Waals surface area contributed by atoms with E-state index in [0.717, 1.165) is 33.6 Å². The average Bonchev–Trinajstić information content (AvgIpc) is 3.52. The van der Waals surface area contributed by atoms with Crippen LogP contribution >= 0.6 is 11.8 Å². The summed E-state index contributed by atoms with van der Waals surface area (Å²) >= 11 is 1.52. The molecule has 32 heavy (non-hydrogen) atoms. The first-order valence-corrected chi connectivity index (χ1v) is 11.3. The minimum absolute atomic E-state index is 0.160. The highest BCUT2D eigenvalue weighted by Gasteiger charge is 2.22. The second-order valence-corrected chi connectivity index (χ2v) is 9.44. The van der Waals surface area contributed by atoms with Crippen molar-refractivity contribution in [2.45, 2.75) is 43.6 Å². The molecule has 0 atom stereocenters. The molecule has 0 bridgehead atoms. The number of fused-ring (bicyclic) bond motifs is 1. The van der Waals surface area contributed by atoms with Gasteiger partial charge in [-0.25, -0.2) is 0 Å². The Hall–Kier alpha value is -3.33. The number of ether oxygens (including phenoxy) is 2. The summed E-state index contributed by atoms with van der Waals surface area (Å²) < 4.78 is 18.5. The number of rotatable bonds is 6. The lowest BCUT2D eigenvalue weighted by molar-refractivity contribution is 0.174. The van der Waals surface area contributed by atoms with Gasteiger partial charge in [-0.1, -0.05) is 74.1 Å². The zero-order valence-corrected chi connectivity index (χ0v) is 18.9. The van der Waals surface area contributed by atoms with Gasteiger partial charge in [0.15, 0.2) is 28.3 Å². The highest BCUT2D eigenvalue weighted by molar-refractivity contribution is 7.98. The monoisotopic (exact) mass is 449 g/mol. The van der Waals surface area contributed by atoms with Gasteiger partial charge in [-0.15, -0.1) is 10.2 Å². The second-order valence-electron chi connectivity index (χ2n) is 8.50. The maximum absolute atomic E-state index is 5.54. The van der Waals surface area contributed by atoms with E-state index in [0.29, 0.717) is 24.0 Å². The fourth-order valence-electron chi connectivity index (χ4n) is 3.31. The third-order valence-corrected chi connectivity index (χ3v) is 5.94. The molecule has 0 N–H and O–H groups in total. The second kappa shape index (κ2) is 8.31. The SMILES string of the molecule is CC(C)(C)c1noc(CSc2nnc(-c3ccccc3)n2Cc2ccc3c(c2)OCO3)n1. The Morgan fingerprint density at radius 2 is 1.81 bits per heavy atom. The van der Waals surface area contributed by atoms with Gasteiger partial charge in [-0.3, -0.25) is 4.57 Å². The van der Waals surface area contributed by atoms with Crippen LogP contribution in [0.2, 0.25) is 0 Å². The van der Waals surface area contributed by atoms with Crippen LogP contribution in [0.5, 0.6) is 11.5 Å². The molecule has 0 amide bonds. The highest BCUT2D eigenvalue weighted by Crippen LogP contribution is 2.34. The van der Waals surface area contributed by atoms with Gasteiger partial charge in [-0.05, 0) is 17.7 Å². The minimum Gasteiger partial charge on any atom is -0.454 e. The summed E-state index contributed by atoms with van der Waals surface area (Å²) in [5.41, 5.74) is 1.91. The van der Waals surface area contributed by atoms with Gasteiger partial charge in [-0.2, -0.15) is 4.98 Å². The highest BCUT2D eigenvalue weighted by atomic mass is 32.2. The maximum atomic E-state index is 5.54. The van der Waals surface area contributed by atoms with Crippen LogP contribution in [0.25, 0.3) is 11.4 Å². The molecule has 1 aliphatic rings. The number of hydrogen-bond acceptors (Lipinski definition) is 8. The Morgan fingerprint density at radius 3 is 2.59 bits per heavy atom. The Balaban J connectivity index is 1.43. The Labute approximate surface area is 190 Å². The fourth-order valence-corrected chi connectivity index (χ4v) is 4.08. The lowest BCUT2D eigenvalue weighted by atomic mass is 9.96. The predicted octanol–water partition coefficient (Wildman–Crippen LogP) is 4.69.